The number of furan rings is 1. The number of hydrogen-bond acceptors (Lipinski definition) is 6. The van der Waals surface area contributed by atoms with Crippen LogP contribution in [0.15, 0.2) is 45.5 Å². The van der Waals surface area contributed by atoms with Gasteiger partial charge in [-0.25, -0.2) is 0 Å². The van der Waals surface area contributed by atoms with E-state index in [1.165, 1.54) is 7.11 Å². The Kier molecular flexibility index (Phi) is 5.26. The van der Waals surface area contributed by atoms with Crippen LogP contribution in [-0.4, -0.2) is 18.2 Å². The molecule has 3 rings (SSSR count). The van der Waals surface area contributed by atoms with Crippen molar-refractivity contribution in [2.75, 3.05) is 7.11 Å². The summed E-state index contributed by atoms with van der Waals surface area (Å²) in [5.41, 5.74) is 2.15. The van der Waals surface area contributed by atoms with E-state index in [-0.39, 0.29) is 5.91 Å². The lowest BCUT2D eigenvalue weighted by Crippen LogP contribution is -2.22. The molecule has 0 aliphatic heterocycles. The largest absolute Gasteiger partial charge is 0.493 e. The molecule has 1 amide bonds. The third kappa shape index (κ3) is 3.88. The predicted octanol–water partition coefficient (Wildman–Crippen LogP) is 3.40. The van der Waals surface area contributed by atoms with E-state index in [1.54, 1.807) is 36.6 Å². The van der Waals surface area contributed by atoms with Gasteiger partial charge in [-0.3, -0.25) is 4.79 Å². The molecule has 0 atom stereocenters. The molecule has 3 aromatic rings. The summed E-state index contributed by atoms with van der Waals surface area (Å²) in [6.45, 7) is 4.32. The number of methoxy groups -OCH3 is 1. The van der Waals surface area contributed by atoms with Crippen molar-refractivity contribution < 1.29 is 23.2 Å². The molecule has 0 aliphatic carbocycles. The lowest BCUT2D eigenvalue weighted by atomic mass is 10.2. The van der Waals surface area contributed by atoms with E-state index >= 15 is 0 Å². The van der Waals surface area contributed by atoms with Crippen molar-refractivity contribution in [1.29, 1.82) is 0 Å². The van der Waals surface area contributed by atoms with Crippen LogP contribution in [0.5, 0.6) is 11.5 Å². The molecular formula is C19H20N2O5. The van der Waals surface area contributed by atoms with Crippen LogP contribution in [-0.2, 0) is 13.2 Å². The Morgan fingerprint density at radius 3 is 2.73 bits per heavy atom. The zero-order valence-electron chi connectivity index (χ0n) is 14.9. The average molecular weight is 356 g/mol. The highest BCUT2D eigenvalue weighted by atomic mass is 16.5. The summed E-state index contributed by atoms with van der Waals surface area (Å²) in [5, 5.41) is 6.69. The lowest BCUT2D eigenvalue weighted by Gasteiger charge is -2.12. The molecule has 2 heterocycles. The van der Waals surface area contributed by atoms with Gasteiger partial charge in [0.2, 0.25) is 0 Å². The average Bonchev–Trinajstić information content (AvgIpc) is 3.28. The van der Waals surface area contributed by atoms with E-state index in [4.69, 9.17) is 18.4 Å². The number of benzene rings is 1. The van der Waals surface area contributed by atoms with Gasteiger partial charge in [0.1, 0.15) is 18.1 Å². The number of carbonyl (C=O) groups excluding carboxylic acids is 1. The number of nitrogens with one attached hydrogen (secondary N) is 1. The first kappa shape index (κ1) is 17.6. The SMILES string of the molecule is COc1cc(C(=O)NCc2ccco2)ccc1OCc1c(C)noc1C. The number of aromatic nitrogens is 1. The fourth-order valence-electron chi connectivity index (χ4n) is 2.47. The summed E-state index contributed by atoms with van der Waals surface area (Å²) >= 11 is 0. The molecule has 26 heavy (non-hydrogen) atoms. The Labute approximate surface area is 150 Å². The normalized spacial score (nSPS) is 10.6. The van der Waals surface area contributed by atoms with Gasteiger partial charge in [-0.15, -0.1) is 0 Å². The van der Waals surface area contributed by atoms with E-state index in [1.807, 2.05) is 13.8 Å². The van der Waals surface area contributed by atoms with Crippen LogP contribution in [0.4, 0.5) is 0 Å². The molecule has 0 saturated carbocycles. The first-order chi connectivity index (χ1) is 12.6. The number of hydrogen-bond donors (Lipinski definition) is 1. The maximum atomic E-state index is 12.3. The van der Waals surface area contributed by atoms with Gasteiger partial charge in [0, 0.05) is 5.56 Å². The standard InChI is InChI=1S/C19H20N2O5/c1-12-16(13(2)26-21-12)11-25-17-7-6-14(9-18(17)23-3)19(22)20-10-15-5-4-8-24-15/h4-9H,10-11H2,1-3H3,(H,20,22). The first-order valence-electron chi connectivity index (χ1n) is 8.11. The fourth-order valence-corrected chi connectivity index (χ4v) is 2.47. The smallest absolute Gasteiger partial charge is 0.251 e. The zero-order valence-corrected chi connectivity index (χ0v) is 14.9. The second-order valence-electron chi connectivity index (χ2n) is 5.72. The number of carbonyl (C=O) groups is 1. The minimum Gasteiger partial charge on any atom is -0.493 e. The zero-order chi connectivity index (χ0) is 18.5. The highest BCUT2D eigenvalue weighted by Crippen LogP contribution is 2.29. The van der Waals surface area contributed by atoms with Crippen LogP contribution < -0.4 is 14.8 Å². The first-order valence-corrected chi connectivity index (χ1v) is 8.11. The lowest BCUT2D eigenvalue weighted by molar-refractivity contribution is 0.0947. The van der Waals surface area contributed by atoms with Crippen LogP contribution in [0.3, 0.4) is 0 Å². The maximum absolute atomic E-state index is 12.3. The van der Waals surface area contributed by atoms with E-state index in [0.29, 0.717) is 36.0 Å². The molecule has 136 valence electrons. The Morgan fingerprint density at radius 2 is 2.08 bits per heavy atom. The van der Waals surface area contributed by atoms with Crippen molar-refractivity contribution in [1.82, 2.24) is 10.5 Å². The van der Waals surface area contributed by atoms with Crippen molar-refractivity contribution >= 4 is 5.91 Å². The van der Waals surface area contributed by atoms with Gasteiger partial charge in [0.25, 0.3) is 5.91 Å². The van der Waals surface area contributed by atoms with Crippen LogP contribution in [0.2, 0.25) is 0 Å². The molecule has 0 aliphatic rings. The molecule has 1 aromatic carbocycles. The van der Waals surface area contributed by atoms with Crippen LogP contribution in [0.1, 0.15) is 33.1 Å². The molecule has 2 aromatic heterocycles. The number of aryl methyl sites for hydroxylation is 2. The molecule has 0 bridgehead atoms. The van der Waals surface area contributed by atoms with Crippen molar-refractivity contribution in [3.05, 3.63) is 64.9 Å². The van der Waals surface area contributed by atoms with Gasteiger partial charge in [0.05, 0.1) is 31.2 Å². The van der Waals surface area contributed by atoms with E-state index < -0.39 is 0 Å². The number of nitrogens with zero attached hydrogens (tertiary/aromatic N) is 1. The quantitative estimate of drug-likeness (QED) is 0.698. The van der Waals surface area contributed by atoms with Gasteiger partial charge in [-0.2, -0.15) is 0 Å². The predicted molar refractivity (Wildman–Crippen MR) is 93.2 cm³/mol. The Morgan fingerprint density at radius 1 is 1.23 bits per heavy atom. The summed E-state index contributed by atoms with van der Waals surface area (Å²) in [7, 11) is 1.53. The summed E-state index contributed by atoms with van der Waals surface area (Å²) in [4.78, 5) is 12.3. The summed E-state index contributed by atoms with van der Waals surface area (Å²) in [5.74, 6) is 2.19. The minimum atomic E-state index is -0.225. The highest BCUT2D eigenvalue weighted by molar-refractivity contribution is 5.94. The van der Waals surface area contributed by atoms with Crippen LogP contribution >= 0.6 is 0 Å². The third-order valence-electron chi connectivity index (χ3n) is 3.98. The minimum absolute atomic E-state index is 0.225. The second kappa shape index (κ2) is 7.77. The molecular weight excluding hydrogens is 336 g/mol. The molecule has 7 heteroatoms. The van der Waals surface area contributed by atoms with E-state index in [9.17, 15) is 4.79 Å². The number of ether oxygens (including phenoxy) is 2. The Balaban J connectivity index is 1.67. The van der Waals surface area contributed by atoms with Crippen LogP contribution in [0.25, 0.3) is 0 Å². The maximum Gasteiger partial charge on any atom is 0.251 e. The van der Waals surface area contributed by atoms with Crippen molar-refractivity contribution in [2.45, 2.75) is 27.0 Å². The molecule has 0 saturated heterocycles. The number of rotatable bonds is 7. The van der Waals surface area contributed by atoms with Crippen molar-refractivity contribution in [2.24, 2.45) is 0 Å². The molecule has 0 fully saturated rings. The van der Waals surface area contributed by atoms with Gasteiger partial charge < -0.3 is 23.7 Å². The summed E-state index contributed by atoms with van der Waals surface area (Å²) in [6, 6.07) is 8.60. The van der Waals surface area contributed by atoms with Gasteiger partial charge in [-0.05, 0) is 44.2 Å². The van der Waals surface area contributed by atoms with Gasteiger partial charge in [-0.1, -0.05) is 5.16 Å². The summed E-state index contributed by atoms with van der Waals surface area (Å²) in [6.07, 6.45) is 1.57. The van der Waals surface area contributed by atoms with E-state index in [2.05, 4.69) is 10.5 Å². The number of amides is 1. The van der Waals surface area contributed by atoms with Crippen molar-refractivity contribution in [3.63, 3.8) is 0 Å². The molecule has 0 radical (unpaired) electrons. The van der Waals surface area contributed by atoms with Gasteiger partial charge >= 0.3 is 0 Å². The second-order valence-corrected chi connectivity index (χ2v) is 5.72. The van der Waals surface area contributed by atoms with Crippen molar-refractivity contribution in [3.8, 4) is 11.5 Å². The topological polar surface area (TPSA) is 86.7 Å². The Bertz CT molecular complexity index is 864. The Hall–Kier alpha value is -3.22. The highest BCUT2D eigenvalue weighted by Gasteiger charge is 2.14. The molecule has 0 spiro atoms. The third-order valence-corrected chi connectivity index (χ3v) is 3.98. The monoisotopic (exact) mass is 356 g/mol. The van der Waals surface area contributed by atoms with Crippen LogP contribution in [0, 0.1) is 13.8 Å². The van der Waals surface area contributed by atoms with Gasteiger partial charge in [0.15, 0.2) is 11.5 Å². The molecule has 1 N–H and O–H groups in total. The van der Waals surface area contributed by atoms with E-state index in [0.717, 1.165) is 17.0 Å². The summed E-state index contributed by atoms with van der Waals surface area (Å²) < 4.78 is 21.5. The fraction of sp³-hybridized carbons (Fsp3) is 0.263. The molecule has 7 nitrogen and oxygen atoms in total. The molecule has 0 unspecified atom stereocenters.